The number of carbonyl (C=O) groups is 1. The van der Waals surface area contributed by atoms with Gasteiger partial charge in [0.25, 0.3) is 5.91 Å². The van der Waals surface area contributed by atoms with E-state index in [4.69, 9.17) is 9.47 Å². The number of nitrogens with one attached hydrogen (secondary N) is 1. The topological polar surface area (TPSA) is 84.9 Å². The first kappa shape index (κ1) is 19.8. The van der Waals surface area contributed by atoms with Crippen molar-refractivity contribution in [2.24, 2.45) is 0 Å². The predicted molar refractivity (Wildman–Crippen MR) is 104 cm³/mol. The maximum absolute atomic E-state index is 13.0. The summed E-state index contributed by atoms with van der Waals surface area (Å²) in [5.41, 5.74) is 0.988. The standard InChI is InChI=1S/C18H22N2O5S2/c1-12-10-15(13(2)26-12)18(21)19-14-4-5-16(24-3)17(11-14)27(22,23)20-6-8-25-9-7-20/h4-5,10-11H,6-9H2,1-3H3,(H,19,21). The van der Waals surface area contributed by atoms with Gasteiger partial charge in [0.1, 0.15) is 10.6 Å². The lowest BCUT2D eigenvalue weighted by molar-refractivity contribution is 0.0729. The predicted octanol–water partition coefficient (Wildman–Crippen LogP) is 2.65. The fraction of sp³-hybridized carbons (Fsp3) is 0.389. The van der Waals surface area contributed by atoms with Crippen molar-refractivity contribution in [1.82, 2.24) is 4.31 Å². The Hall–Kier alpha value is -1.94. The number of hydrogen-bond donors (Lipinski definition) is 1. The lowest BCUT2D eigenvalue weighted by Gasteiger charge is -2.26. The first-order chi connectivity index (χ1) is 12.8. The van der Waals surface area contributed by atoms with E-state index in [1.54, 1.807) is 23.5 Å². The minimum absolute atomic E-state index is 0.0305. The van der Waals surface area contributed by atoms with Crippen LogP contribution in [0.15, 0.2) is 29.2 Å². The Morgan fingerprint density at radius 3 is 2.52 bits per heavy atom. The van der Waals surface area contributed by atoms with Crippen LogP contribution in [-0.2, 0) is 14.8 Å². The van der Waals surface area contributed by atoms with Gasteiger partial charge in [0.2, 0.25) is 10.0 Å². The van der Waals surface area contributed by atoms with E-state index in [2.05, 4.69) is 5.32 Å². The number of ether oxygens (including phenoxy) is 2. The second-order valence-electron chi connectivity index (χ2n) is 6.16. The van der Waals surface area contributed by atoms with Crippen LogP contribution in [-0.4, -0.2) is 52.0 Å². The quantitative estimate of drug-likeness (QED) is 0.819. The zero-order chi connectivity index (χ0) is 19.6. The van der Waals surface area contributed by atoms with Crippen LogP contribution in [0.2, 0.25) is 0 Å². The van der Waals surface area contributed by atoms with Crippen molar-refractivity contribution >= 4 is 33.0 Å². The minimum Gasteiger partial charge on any atom is -0.495 e. The van der Waals surface area contributed by atoms with Crippen molar-refractivity contribution in [1.29, 1.82) is 0 Å². The molecule has 1 saturated heterocycles. The summed E-state index contributed by atoms with van der Waals surface area (Å²) in [6, 6.07) is 6.44. The van der Waals surface area contributed by atoms with Gasteiger partial charge in [-0.3, -0.25) is 4.79 Å². The summed E-state index contributed by atoms with van der Waals surface area (Å²) in [4.78, 5) is 14.5. The van der Waals surface area contributed by atoms with E-state index in [1.807, 2.05) is 19.9 Å². The first-order valence-corrected chi connectivity index (χ1v) is 10.7. The molecule has 0 radical (unpaired) electrons. The Kier molecular flexibility index (Phi) is 5.85. The van der Waals surface area contributed by atoms with E-state index < -0.39 is 10.0 Å². The van der Waals surface area contributed by atoms with Crippen LogP contribution in [0.4, 0.5) is 5.69 Å². The highest BCUT2D eigenvalue weighted by Gasteiger charge is 2.29. The van der Waals surface area contributed by atoms with Gasteiger partial charge in [0.05, 0.1) is 25.9 Å². The number of carbonyl (C=O) groups excluding carboxylic acids is 1. The Bertz CT molecular complexity index is 947. The molecular formula is C18H22N2O5S2. The normalized spacial score (nSPS) is 15.5. The third kappa shape index (κ3) is 4.16. The Morgan fingerprint density at radius 2 is 1.93 bits per heavy atom. The molecule has 2 aromatic rings. The fourth-order valence-electron chi connectivity index (χ4n) is 2.94. The third-order valence-corrected chi connectivity index (χ3v) is 7.18. The molecule has 1 aromatic heterocycles. The molecule has 3 rings (SSSR count). The summed E-state index contributed by atoms with van der Waals surface area (Å²) in [7, 11) is -2.33. The van der Waals surface area contributed by atoms with Crippen LogP contribution >= 0.6 is 11.3 Å². The number of morpholine rings is 1. The molecule has 146 valence electrons. The van der Waals surface area contributed by atoms with Gasteiger partial charge < -0.3 is 14.8 Å². The number of methoxy groups -OCH3 is 1. The number of benzene rings is 1. The zero-order valence-electron chi connectivity index (χ0n) is 15.4. The first-order valence-electron chi connectivity index (χ1n) is 8.47. The van der Waals surface area contributed by atoms with Gasteiger partial charge in [-0.2, -0.15) is 4.31 Å². The van der Waals surface area contributed by atoms with Crippen molar-refractivity contribution in [2.45, 2.75) is 18.7 Å². The van der Waals surface area contributed by atoms with Crippen LogP contribution in [0, 0.1) is 13.8 Å². The Labute approximate surface area is 163 Å². The molecule has 0 spiro atoms. The van der Waals surface area contributed by atoms with Crippen LogP contribution in [0.3, 0.4) is 0 Å². The number of nitrogens with zero attached hydrogens (tertiary/aromatic N) is 1. The van der Waals surface area contributed by atoms with Gasteiger partial charge in [0, 0.05) is 28.5 Å². The van der Waals surface area contributed by atoms with E-state index in [9.17, 15) is 13.2 Å². The molecule has 1 N–H and O–H groups in total. The average Bonchev–Trinajstić information content (AvgIpc) is 3.00. The second-order valence-corrected chi connectivity index (χ2v) is 9.53. The summed E-state index contributed by atoms with van der Waals surface area (Å²) in [5.74, 6) is -0.0289. The fourth-order valence-corrected chi connectivity index (χ4v) is 5.45. The highest BCUT2D eigenvalue weighted by atomic mass is 32.2. The van der Waals surface area contributed by atoms with Gasteiger partial charge >= 0.3 is 0 Å². The highest BCUT2D eigenvalue weighted by Crippen LogP contribution is 2.31. The Balaban J connectivity index is 1.91. The SMILES string of the molecule is COc1ccc(NC(=O)c2cc(C)sc2C)cc1S(=O)(=O)N1CCOCC1. The summed E-state index contributed by atoms with van der Waals surface area (Å²) >= 11 is 1.55. The monoisotopic (exact) mass is 410 g/mol. The molecule has 0 bridgehead atoms. The number of sulfonamides is 1. The molecule has 27 heavy (non-hydrogen) atoms. The average molecular weight is 411 g/mol. The summed E-state index contributed by atoms with van der Waals surface area (Å²) in [5, 5.41) is 2.78. The zero-order valence-corrected chi connectivity index (χ0v) is 17.1. The van der Waals surface area contributed by atoms with E-state index in [0.29, 0.717) is 24.5 Å². The van der Waals surface area contributed by atoms with Crippen LogP contribution in [0.5, 0.6) is 5.75 Å². The Morgan fingerprint density at radius 1 is 1.22 bits per heavy atom. The number of anilines is 1. The maximum Gasteiger partial charge on any atom is 0.256 e. The number of hydrogen-bond acceptors (Lipinski definition) is 6. The lowest BCUT2D eigenvalue weighted by Crippen LogP contribution is -2.40. The van der Waals surface area contributed by atoms with Crippen molar-refractivity contribution in [3.8, 4) is 5.75 Å². The molecule has 1 amide bonds. The molecule has 0 unspecified atom stereocenters. The van der Waals surface area contributed by atoms with Crippen molar-refractivity contribution in [2.75, 3.05) is 38.7 Å². The summed E-state index contributed by atoms with van der Waals surface area (Å²) in [6.07, 6.45) is 0. The van der Waals surface area contributed by atoms with E-state index in [-0.39, 0.29) is 29.6 Å². The second kappa shape index (κ2) is 7.97. The summed E-state index contributed by atoms with van der Waals surface area (Å²) in [6.45, 7) is 5.11. The highest BCUT2D eigenvalue weighted by molar-refractivity contribution is 7.89. The molecule has 0 saturated carbocycles. The molecule has 1 aromatic carbocycles. The van der Waals surface area contributed by atoms with Crippen LogP contribution < -0.4 is 10.1 Å². The van der Waals surface area contributed by atoms with Crippen molar-refractivity contribution < 1.29 is 22.7 Å². The van der Waals surface area contributed by atoms with Gasteiger partial charge in [-0.25, -0.2) is 8.42 Å². The minimum atomic E-state index is -3.75. The number of rotatable bonds is 5. The lowest BCUT2D eigenvalue weighted by atomic mass is 10.2. The maximum atomic E-state index is 13.0. The largest absolute Gasteiger partial charge is 0.495 e. The van der Waals surface area contributed by atoms with E-state index >= 15 is 0 Å². The van der Waals surface area contributed by atoms with Crippen LogP contribution in [0.25, 0.3) is 0 Å². The van der Waals surface area contributed by atoms with Gasteiger partial charge in [-0.05, 0) is 38.1 Å². The van der Waals surface area contributed by atoms with E-state index in [0.717, 1.165) is 9.75 Å². The molecular weight excluding hydrogens is 388 g/mol. The molecule has 9 heteroatoms. The molecule has 2 heterocycles. The summed E-state index contributed by atoms with van der Waals surface area (Å²) < 4.78 is 37.9. The number of amides is 1. The van der Waals surface area contributed by atoms with Gasteiger partial charge in [-0.15, -0.1) is 11.3 Å². The van der Waals surface area contributed by atoms with Gasteiger partial charge in [0.15, 0.2) is 0 Å². The van der Waals surface area contributed by atoms with E-state index in [1.165, 1.54) is 17.5 Å². The van der Waals surface area contributed by atoms with Crippen LogP contribution in [0.1, 0.15) is 20.1 Å². The molecule has 0 atom stereocenters. The molecule has 7 nitrogen and oxygen atoms in total. The molecule has 1 aliphatic rings. The molecule has 1 fully saturated rings. The number of aryl methyl sites for hydroxylation is 2. The van der Waals surface area contributed by atoms with Crippen molar-refractivity contribution in [3.05, 3.63) is 39.6 Å². The molecule has 1 aliphatic heterocycles. The molecule has 0 aliphatic carbocycles. The van der Waals surface area contributed by atoms with Crippen molar-refractivity contribution in [3.63, 3.8) is 0 Å². The number of thiophene rings is 1. The smallest absolute Gasteiger partial charge is 0.256 e. The third-order valence-electron chi connectivity index (χ3n) is 4.29. The van der Waals surface area contributed by atoms with Gasteiger partial charge in [-0.1, -0.05) is 0 Å².